The zero-order valence-corrected chi connectivity index (χ0v) is 38.1. The Morgan fingerprint density at radius 1 is 0.703 bits per heavy atom. The van der Waals surface area contributed by atoms with Crippen LogP contribution < -0.4 is 19.2 Å². The molecule has 0 unspecified atom stereocenters. The van der Waals surface area contributed by atoms with Crippen LogP contribution in [-0.4, -0.2) is 89.9 Å². The number of aryl methyl sites for hydroxylation is 2. The predicted molar refractivity (Wildman–Crippen MR) is 235 cm³/mol. The lowest BCUT2D eigenvalue weighted by molar-refractivity contribution is -0.124. The molecule has 336 valence electrons. The van der Waals surface area contributed by atoms with E-state index < -0.39 is 61.4 Å². The summed E-state index contributed by atoms with van der Waals surface area (Å²) in [6.07, 6.45) is 0. The van der Waals surface area contributed by atoms with Crippen LogP contribution in [0.1, 0.15) is 68.2 Å². The van der Waals surface area contributed by atoms with Crippen molar-refractivity contribution in [1.29, 1.82) is 10.5 Å². The Bertz CT molecular complexity index is 2770. The molecule has 64 heavy (non-hydrogen) atoms. The number of anilines is 2. The van der Waals surface area contributed by atoms with E-state index in [4.69, 9.17) is 32.7 Å². The zero-order chi connectivity index (χ0) is 46.9. The number of rotatable bonds is 14. The van der Waals surface area contributed by atoms with Crippen LogP contribution in [0.4, 0.5) is 11.6 Å². The Labute approximate surface area is 380 Å². The molecule has 2 fully saturated rings. The number of amides is 2. The van der Waals surface area contributed by atoms with E-state index in [-0.39, 0.29) is 67.4 Å². The van der Waals surface area contributed by atoms with Crippen molar-refractivity contribution in [3.8, 4) is 12.1 Å². The summed E-state index contributed by atoms with van der Waals surface area (Å²) in [5.74, 6) is -3.63. The molecule has 18 nitrogen and oxygen atoms in total. The fraction of sp³-hybridized carbons (Fsp3) is 0.333. The van der Waals surface area contributed by atoms with Crippen molar-refractivity contribution in [1.82, 2.24) is 19.4 Å². The minimum absolute atomic E-state index is 0.170. The molecular weight excluding hydrogens is 912 g/mol. The number of benzene rings is 2. The van der Waals surface area contributed by atoms with Gasteiger partial charge in [0.15, 0.2) is 0 Å². The number of pyridine rings is 2. The van der Waals surface area contributed by atoms with E-state index in [9.17, 15) is 46.5 Å². The van der Waals surface area contributed by atoms with Crippen molar-refractivity contribution in [2.24, 2.45) is 11.8 Å². The Kier molecular flexibility index (Phi) is 15.9. The Balaban J connectivity index is 0.000000241. The van der Waals surface area contributed by atoms with Crippen molar-refractivity contribution in [2.45, 2.75) is 39.2 Å². The van der Waals surface area contributed by atoms with Crippen molar-refractivity contribution >= 4 is 78.6 Å². The van der Waals surface area contributed by atoms with E-state index >= 15 is 0 Å². The summed E-state index contributed by atoms with van der Waals surface area (Å²) in [4.78, 5) is 60.9. The number of nitriles is 2. The standard InChI is InChI=1S/2C21H21ClN4O5S/c1-3-31-21(28)18-8-15(9-23)19(24-13(18)2)26-10-16(11-26)20(27)25-32(29,30)12-14-4-6-17(22)7-5-14;1-3-31-21(28)17-8-15(9-23)19(24-13(17)2)26-10-16(11-26)20(27)25-32(29,30)12-14-6-4-5-7-18(14)22/h2*4-8,16H,3,10-12H2,1-2H3,(H,25,27). The van der Waals surface area contributed by atoms with E-state index in [1.165, 1.54) is 12.1 Å². The molecule has 0 saturated carbocycles. The predicted octanol–water partition coefficient (Wildman–Crippen LogP) is 4.35. The largest absolute Gasteiger partial charge is 0.462 e. The summed E-state index contributed by atoms with van der Waals surface area (Å²) in [5, 5.41) is 19.7. The van der Waals surface area contributed by atoms with E-state index in [0.717, 1.165) is 0 Å². The van der Waals surface area contributed by atoms with Gasteiger partial charge >= 0.3 is 11.9 Å². The maximum absolute atomic E-state index is 12.4. The van der Waals surface area contributed by atoms with Gasteiger partial charge in [-0.3, -0.25) is 19.0 Å². The van der Waals surface area contributed by atoms with Crippen LogP contribution in [0.25, 0.3) is 0 Å². The van der Waals surface area contributed by atoms with Gasteiger partial charge in [0.05, 0.1) is 70.2 Å². The van der Waals surface area contributed by atoms with Crippen LogP contribution >= 0.6 is 23.2 Å². The Hall–Kier alpha value is -6.32. The van der Waals surface area contributed by atoms with Crippen LogP contribution in [0.5, 0.6) is 0 Å². The molecule has 2 aliphatic heterocycles. The third-order valence-electron chi connectivity index (χ3n) is 9.81. The highest BCUT2D eigenvalue weighted by atomic mass is 35.5. The highest BCUT2D eigenvalue weighted by molar-refractivity contribution is 7.89. The van der Waals surface area contributed by atoms with Crippen LogP contribution in [0.15, 0.2) is 60.7 Å². The summed E-state index contributed by atoms with van der Waals surface area (Å²) >= 11 is 11.8. The van der Waals surface area contributed by atoms with E-state index in [1.54, 1.807) is 86.0 Å². The molecule has 2 amide bonds. The number of nitrogens with one attached hydrogen (secondary N) is 2. The molecular formula is C42H42Cl2N8O10S2. The number of carbonyl (C=O) groups excluding carboxylic acids is 4. The van der Waals surface area contributed by atoms with Gasteiger partial charge in [-0.2, -0.15) is 10.5 Å². The molecule has 0 bridgehead atoms. The average molecular weight is 954 g/mol. The smallest absolute Gasteiger partial charge is 0.340 e. The quantitative estimate of drug-likeness (QED) is 0.167. The monoisotopic (exact) mass is 952 g/mol. The number of hydrogen-bond donors (Lipinski definition) is 2. The first-order valence-electron chi connectivity index (χ1n) is 19.5. The third-order valence-corrected chi connectivity index (χ3v) is 12.9. The van der Waals surface area contributed by atoms with Crippen molar-refractivity contribution < 1.29 is 45.5 Å². The number of hydrogen-bond acceptors (Lipinski definition) is 16. The van der Waals surface area contributed by atoms with E-state index in [0.29, 0.717) is 44.2 Å². The van der Waals surface area contributed by atoms with Crippen LogP contribution in [0.2, 0.25) is 10.0 Å². The van der Waals surface area contributed by atoms with Gasteiger partial charge in [0, 0.05) is 36.2 Å². The second-order valence-corrected chi connectivity index (χ2v) is 18.8. The van der Waals surface area contributed by atoms with Gasteiger partial charge in [-0.15, -0.1) is 0 Å². The molecule has 0 aliphatic carbocycles. The molecule has 6 rings (SSSR count). The van der Waals surface area contributed by atoms with Gasteiger partial charge in [-0.1, -0.05) is 53.5 Å². The fourth-order valence-electron chi connectivity index (χ4n) is 6.46. The van der Waals surface area contributed by atoms with Gasteiger partial charge in [0.2, 0.25) is 31.9 Å². The lowest BCUT2D eigenvalue weighted by atomic mass is 9.98. The van der Waals surface area contributed by atoms with Crippen LogP contribution in [0, 0.1) is 48.3 Å². The lowest BCUT2D eigenvalue weighted by Gasteiger charge is -2.39. The molecule has 4 aromatic rings. The van der Waals surface area contributed by atoms with Gasteiger partial charge in [-0.05, 0) is 69.2 Å². The lowest BCUT2D eigenvalue weighted by Crippen LogP contribution is -2.55. The maximum Gasteiger partial charge on any atom is 0.340 e. The van der Waals surface area contributed by atoms with Gasteiger partial charge in [-0.25, -0.2) is 36.4 Å². The minimum Gasteiger partial charge on any atom is -0.462 e. The maximum atomic E-state index is 12.4. The number of aromatic nitrogens is 2. The molecule has 2 aromatic heterocycles. The normalized spacial score (nSPS) is 13.8. The first-order chi connectivity index (χ1) is 30.3. The highest BCUT2D eigenvalue weighted by Gasteiger charge is 2.38. The molecule has 2 aromatic carbocycles. The SMILES string of the molecule is CCOC(=O)c1cc(C#N)c(N2CC(C(=O)NS(=O)(=O)Cc3ccc(Cl)cc3)C2)nc1C.CCOC(=O)c1cc(C#N)c(N2CC(C(=O)NS(=O)(=O)Cc3ccccc3Cl)C2)nc1C. The first kappa shape index (κ1) is 48.7. The summed E-state index contributed by atoms with van der Waals surface area (Å²) in [6.45, 7) is 7.79. The van der Waals surface area contributed by atoms with E-state index in [1.807, 2.05) is 12.1 Å². The second-order valence-electron chi connectivity index (χ2n) is 14.5. The van der Waals surface area contributed by atoms with Crippen LogP contribution in [0.3, 0.4) is 0 Å². The topological polar surface area (TPSA) is 259 Å². The average Bonchev–Trinajstić information content (AvgIpc) is 3.18. The fourth-order valence-corrected chi connectivity index (χ4v) is 9.25. The molecule has 4 heterocycles. The number of nitrogens with zero attached hydrogens (tertiary/aromatic N) is 6. The summed E-state index contributed by atoms with van der Waals surface area (Å²) in [6, 6.07) is 19.7. The van der Waals surface area contributed by atoms with Gasteiger partial charge in [0.1, 0.15) is 23.8 Å². The second kappa shape index (κ2) is 20.9. The van der Waals surface area contributed by atoms with Crippen molar-refractivity contribution in [2.75, 3.05) is 49.2 Å². The number of carbonyl (C=O) groups is 4. The highest BCUT2D eigenvalue weighted by Crippen LogP contribution is 2.30. The third kappa shape index (κ3) is 12.2. The summed E-state index contributed by atoms with van der Waals surface area (Å²) in [5.41, 5.74) is 2.44. The number of esters is 2. The Morgan fingerprint density at radius 3 is 1.53 bits per heavy atom. The molecule has 0 radical (unpaired) electrons. The minimum atomic E-state index is -3.92. The molecule has 22 heteroatoms. The van der Waals surface area contributed by atoms with Crippen LogP contribution in [-0.2, 0) is 50.6 Å². The summed E-state index contributed by atoms with van der Waals surface area (Å²) < 4.78 is 63.5. The molecule has 2 saturated heterocycles. The molecule has 0 atom stereocenters. The van der Waals surface area contributed by atoms with E-state index in [2.05, 4.69) is 19.4 Å². The Morgan fingerprint density at radius 2 is 1.12 bits per heavy atom. The first-order valence-corrected chi connectivity index (χ1v) is 23.6. The van der Waals surface area contributed by atoms with Gasteiger partial charge in [0.25, 0.3) is 0 Å². The van der Waals surface area contributed by atoms with Gasteiger partial charge < -0.3 is 19.3 Å². The summed E-state index contributed by atoms with van der Waals surface area (Å²) in [7, 11) is -7.79. The molecule has 0 spiro atoms. The molecule has 2 N–H and O–H groups in total. The zero-order valence-electron chi connectivity index (χ0n) is 34.9. The van der Waals surface area contributed by atoms with Crippen molar-refractivity contribution in [3.05, 3.63) is 115 Å². The van der Waals surface area contributed by atoms with Crippen molar-refractivity contribution in [3.63, 3.8) is 0 Å². The number of halogens is 2. The molecule has 2 aliphatic rings. The number of sulfonamides is 2. The number of ether oxygens (including phenoxy) is 2.